The summed E-state index contributed by atoms with van der Waals surface area (Å²) in [5.74, 6) is -4.11. The van der Waals surface area contributed by atoms with E-state index in [2.05, 4.69) is 33.0 Å². The van der Waals surface area contributed by atoms with Crippen molar-refractivity contribution in [2.75, 3.05) is 26.2 Å². The summed E-state index contributed by atoms with van der Waals surface area (Å²) in [7, 11) is 0. The molecule has 0 radical (unpaired) electrons. The molecule has 1 saturated heterocycles. The van der Waals surface area contributed by atoms with E-state index in [9.17, 15) is 9.18 Å². The van der Waals surface area contributed by atoms with E-state index in [0.717, 1.165) is 24.1 Å². The van der Waals surface area contributed by atoms with Crippen LogP contribution in [0.4, 0.5) is 4.39 Å². The summed E-state index contributed by atoms with van der Waals surface area (Å²) >= 11 is 3.49. The molecule has 3 rings (SSSR count). The van der Waals surface area contributed by atoms with Crippen molar-refractivity contribution in [1.29, 1.82) is 0 Å². The molecule has 2 N–H and O–H groups in total. The van der Waals surface area contributed by atoms with Crippen molar-refractivity contribution in [3.8, 4) is 0 Å². The molecule has 0 spiro atoms. The first-order valence-electron chi connectivity index (χ1n) is 8.74. The summed E-state index contributed by atoms with van der Waals surface area (Å²) in [4.78, 5) is 34.7. The zero-order chi connectivity index (χ0) is 21.4. The molecule has 7 nitrogen and oxygen atoms in total. The number of benzene rings is 2. The van der Waals surface area contributed by atoms with Crippen molar-refractivity contribution >= 4 is 33.8 Å². The van der Waals surface area contributed by atoms with E-state index in [1.807, 2.05) is 12.1 Å². The van der Waals surface area contributed by atoms with Gasteiger partial charge in [-0.25, -0.2) is 14.0 Å². The molecule has 0 unspecified atom stereocenters. The molecule has 29 heavy (non-hydrogen) atoms. The summed E-state index contributed by atoms with van der Waals surface area (Å²) in [6.07, 6.45) is 0. The van der Waals surface area contributed by atoms with E-state index in [4.69, 9.17) is 19.8 Å². The standard InChI is InChI=1S/C18H18BrFN2O.C2H2O4/c19-16-5-1-3-14(11-16)13-21-7-9-22(10-8-21)18(23)15-4-2-6-17(20)12-15;3-1(4)2(5)6/h1-6,11-12H,7-10,13H2;(H,3,4)(H,5,6). The number of carbonyl (C=O) groups is 3. The van der Waals surface area contributed by atoms with Gasteiger partial charge in [0.1, 0.15) is 5.82 Å². The Balaban J connectivity index is 0.000000438. The highest BCUT2D eigenvalue weighted by atomic mass is 79.9. The monoisotopic (exact) mass is 466 g/mol. The lowest BCUT2D eigenvalue weighted by molar-refractivity contribution is -0.159. The largest absolute Gasteiger partial charge is 0.473 e. The van der Waals surface area contributed by atoms with Crippen molar-refractivity contribution in [1.82, 2.24) is 9.80 Å². The van der Waals surface area contributed by atoms with Crippen LogP contribution in [0.5, 0.6) is 0 Å². The molecule has 1 aliphatic heterocycles. The summed E-state index contributed by atoms with van der Waals surface area (Å²) in [5, 5.41) is 14.8. The van der Waals surface area contributed by atoms with E-state index in [1.165, 1.54) is 17.7 Å². The molecule has 1 aliphatic rings. The third-order valence-electron chi connectivity index (χ3n) is 4.21. The van der Waals surface area contributed by atoms with Crippen LogP contribution in [0.15, 0.2) is 53.0 Å². The Kier molecular flexibility index (Phi) is 8.29. The average molecular weight is 467 g/mol. The second-order valence-electron chi connectivity index (χ2n) is 6.32. The fraction of sp³-hybridized carbons (Fsp3) is 0.250. The summed E-state index contributed by atoms with van der Waals surface area (Å²) in [6, 6.07) is 14.2. The first-order chi connectivity index (χ1) is 13.8. The average Bonchev–Trinajstić information content (AvgIpc) is 2.68. The Labute approximate surface area is 175 Å². The van der Waals surface area contributed by atoms with Gasteiger partial charge in [0, 0.05) is 42.8 Å². The highest BCUT2D eigenvalue weighted by molar-refractivity contribution is 9.10. The smallest absolute Gasteiger partial charge is 0.414 e. The van der Waals surface area contributed by atoms with Crippen molar-refractivity contribution in [2.45, 2.75) is 6.54 Å². The highest BCUT2D eigenvalue weighted by Gasteiger charge is 2.22. The molecule has 1 amide bonds. The molecule has 154 valence electrons. The predicted molar refractivity (Wildman–Crippen MR) is 107 cm³/mol. The molecule has 9 heteroatoms. The van der Waals surface area contributed by atoms with Gasteiger partial charge in [0.15, 0.2) is 0 Å². The van der Waals surface area contributed by atoms with Crippen LogP contribution in [0, 0.1) is 5.82 Å². The lowest BCUT2D eigenvalue weighted by Crippen LogP contribution is -2.48. The lowest BCUT2D eigenvalue weighted by atomic mass is 10.1. The van der Waals surface area contributed by atoms with Crippen LogP contribution in [0.2, 0.25) is 0 Å². The van der Waals surface area contributed by atoms with Crippen molar-refractivity contribution in [2.24, 2.45) is 0 Å². The minimum Gasteiger partial charge on any atom is -0.473 e. The first-order valence-corrected chi connectivity index (χ1v) is 9.53. The first kappa shape index (κ1) is 22.5. The van der Waals surface area contributed by atoms with Gasteiger partial charge in [-0.1, -0.05) is 34.1 Å². The molecule has 1 heterocycles. The molecule has 0 aromatic heterocycles. The molecule has 0 bridgehead atoms. The molecule has 0 aliphatic carbocycles. The van der Waals surface area contributed by atoms with E-state index in [0.29, 0.717) is 18.7 Å². The fourth-order valence-electron chi connectivity index (χ4n) is 2.81. The van der Waals surface area contributed by atoms with Crippen molar-refractivity contribution in [3.05, 3.63) is 69.9 Å². The summed E-state index contributed by atoms with van der Waals surface area (Å²) in [6.45, 7) is 3.87. The maximum Gasteiger partial charge on any atom is 0.414 e. The van der Waals surface area contributed by atoms with E-state index in [-0.39, 0.29) is 11.7 Å². The second kappa shape index (κ2) is 10.7. The van der Waals surface area contributed by atoms with Crippen LogP contribution in [-0.2, 0) is 16.1 Å². The zero-order valence-corrected chi connectivity index (χ0v) is 17.0. The van der Waals surface area contributed by atoms with Gasteiger partial charge in [-0.2, -0.15) is 0 Å². The topological polar surface area (TPSA) is 98.1 Å². The van der Waals surface area contributed by atoms with E-state index < -0.39 is 11.9 Å². The van der Waals surface area contributed by atoms with Gasteiger partial charge in [-0.05, 0) is 35.9 Å². The number of aliphatic carboxylic acids is 2. The number of hydrogen-bond donors (Lipinski definition) is 2. The minimum absolute atomic E-state index is 0.0911. The number of hydrogen-bond acceptors (Lipinski definition) is 4. The molecule has 0 saturated carbocycles. The maximum absolute atomic E-state index is 13.2. The predicted octanol–water partition coefficient (Wildman–Crippen LogP) is 2.70. The van der Waals surface area contributed by atoms with Crippen LogP contribution < -0.4 is 0 Å². The van der Waals surface area contributed by atoms with Gasteiger partial charge in [0.25, 0.3) is 5.91 Å². The number of amides is 1. The number of halogens is 2. The second-order valence-corrected chi connectivity index (χ2v) is 7.23. The van der Waals surface area contributed by atoms with Crippen molar-refractivity contribution < 1.29 is 29.0 Å². The zero-order valence-electron chi connectivity index (χ0n) is 15.4. The number of nitrogens with zero attached hydrogens (tertiary/aromatic N) is 2. The number of piperazine rings is 1. The van der Waals surface area contributed by atoms with Crippen LogP contribution in [0.3, 0.4) is 0 Å². The molecular formula is C20H20BrFN2O5. The van der Waals surface area contributed by atoms with Gasteiger partial charge in [-0.15, -0.1) is 0 Å². The van der Waals surface area contributed by atoms with Crippen LogP contribution >= 0.6 is 15.9 Å². The lowest BCUT2D eigenvalue weighted by Gasteiger charge is -2.34. The molecule has 1 fully saturated rings. The van der Waals surface area contributed by atoms with Gasteiger partial charge in [0.2, 0.25) is 0 Å². The number of carboxylic acid groups (broad SMARTS) is 2. The number of rotatable bonds is 3. The van der Waals surface area contributed by atoms with E-state index >= 15 is 0 Å². The highest BCUT2D eigenvalue weighted by Crippen LogP contribution is 2.15. The van der Waals surface area contributed by atoms with Crippen molar-refractivity contribution in [3.63, 3.8) is 0 Å². The fourth-order valence-corrected chi connectivity index (χ4v) is 3.25. The molecular weight excluding hydrogens is 447 g/mol. The molecule has 2 aromatic rings. The van der Waals surface area contributed by atoms with Crippen LogP contribution in [0.25, 0.3) is 0 Å². The third kappa shape index (κ3) is 7.28. The SMILES string of the molecule is O=C(O)C(=O)O.O=C(c1cccc(F)c1)N1CCN(Cc2cccc(Br)c2)CC1. The van der Waals surface area contributed by atoms with Gasteiger partial charge >= 0.3 is 11.9 Å². The molecule has 0 atom stereocenters. The van der Waals surface area contributed by atoms with Gasteiger partial charge < -0.3 is 15.1 Å². The Hall–Kier alpha value is -2.78. The maximum atomic E-state index is 13.2. The Bertz CT molecular complexity index is 873. The summed E-state index contributed by atoms with van der Waals surface area (Å²) < 4.78 is 14.3. The number of carboxylic acids is 2. The Morgan fingerprint density at radius 2 is 1.55 bits per heavy atom. The van der Waals surface area contributed by atoms with Crippen LogP contribution in [-0.4, -0.2) is 64.0 Å². The van der Waals surface area contributed by atoms with Gasteiger partial charge in [0.05, 0.1) is 0 Å². The normalized spacial score (nSPS) is 13.9. The summed E-state index contributed by atoms with van der Waals surface area (Å²) in [5.41, 5.74) is 1.68. The molecule has 2 aromatic carbocycles. The quantitative estimate of drug-likeness (QED) is 0.674. The Morgan fingerprint density at radius 3 is 2.10 bits per heavy atom. The number of carbonyl (C=O) groups excluding carboxylic acids is 1. The van der Waals surface area contributed by atoms with Gasteiger partial charge in [-0.3, -0.25) is 9.69 Å². The third-order valence-corrected chi connectivity index (χ3v) is 4.70. The Morgan fingerprint density at radius 1 is 0.931 bits per heavy atom. The minimum atomic E-state index is -1.82. The van der Waals surface area contributed by atoms with E-state index in [1.54, 1.807) is 17.0 Å². The van der Waals surface area contributed by atoms with Crippen LogP contribution in [0.1, 0.15) is 15.9 Å².